The number of carbonyl (C=O) groups excluding carboxylic acids is 1. The van der Waals surface area contributed by atoms with Crippen LogP contribution in [-0.4, -0.2) is 28.8 Å². The van der Waals surface area contributed by atoms with Gasteiger partial charge >= 0.3 is 0 Å². The third kappa shape index (κ3) is 4.84. The lowest BCUT2D eigenvalue weighted by atomic mass is 10.2. The first-order valence-electron chi connectivity index (χ1n) is 7.97. The second kappa shape index (κ2) is 7.07. The number of amides is 1. The molecule has 1 aliphatic carbocycles. The summed E-state index contributed by atoms with van der Waals surface area (Å²) < 4.78 is 1.82. The van der Waals surface area contributed by atoms with E-state index in [2.05, 4.69) is 29.6 Å². The third-order valence-corrected chi connectivity index (χ3v) is 3.96. The molecule has 5 heteroatoms. The third-order valence-electron chi connectivity index (χ3n) is 3.96. The molecule has 2 rings (SSSR count). The Morgan fingerprint density at radius 1 is 1.38 bits per heavy atom. The van der Waals surface area contributed by atoms with Gasteiger partial charge < -0.3 is 10.6 Å². The second-order valence-electron chi connectivity index (χ2n) is 6.58. The van der Waals surface area contributed by atoms with Gasteiger partial charge in [-0.3, -0.25) is 9.48 Å². The number of nitrogens with one attached hydrogen (secondary N) is 2. The zero-order valence-corrected chi connectivity index (χ0v) is 13.7. The normalized spacial score (nSPS) is 14.7. The molecule has 118 valence electrons. The van der Waals surface area contributed by atoms with Gasteiger partial charge in [-0.2, -0.15) is 5.10 Å². The molecular weight excluding hydrogens is 264 g/mol. The van der Waals surface area contributed by atoms with Crippen LogP contribution in [0.3, 0.4) is 0 Å². The fourth-order valence-electron chi connectivity index (χ4n) is 2.40. The summed E-state index contributed by atoms with van der Waals surface area (Å²) in [5.74, 6) is 1.41. The smallest absolute Gasteiger partial charge is 0.241 e. The van der Waals surface area contributed by atoms with Crippen molar-refractivity contribution in [1.29, 1.82) is 0 Å². The molecule has 0 radical (unpaired) electrons. The van der Waals surface area contributed by atoms with E-state index in [0.717, 1.165) is 31.0 Å². The predicted octanol–water partition coefficient (Wildman–Crippen LogP) is 1.77. The van der Waals surface area contributed by atoms with Crippen molar-refractivity contribution in [3.8, 4) is 0 Å². The van der Waals surface area contributed by atoms with Crippen LogP contribution in [0.4, 0.5) is 0 Å². The summed E-state index contributed by atoms with van der Waals surface area (Å²) in [5, 5.41) is 10.9. The van der Waals surface area contributed by atoms with Crippen molar-refractivity contribution in [3.05, 3.63) is 17.0 Å². The highest BCUT2D eigenvalue weighted by Gasteiger charge is 2.22. The molecule has 0 bridgehead atoms. The van der Waals surface area contributed by atoms with E-state index >= 15 is 0 Å². The van der Waals surface area contributed by atoms with E-state index < -0.39 is 0 Å². The van der Waals surface area contributed by atoms with Crippen molar-refractivity contribution in [2.24, 2.45) is 11.8 Å². The largest absolute Gasteiger partial charge is 0.354 e. The summed E-state index contributed by atoms with van der Waals surface area (Å²) in [6.07, 6.45) is 2.51. The monoisotopic (exact) mass is 292 g/mol. The Labute approximate surface area is 127 Å². The van der Waals surface area contributed by atoms with Crippen LogP contribution < -0.4 is 10.6 Å². The maximum absolute atomic E-state index is 11.9. The number of carbonyl (C=O) groups is 1. The van der Waals surface area contributed by atoms with Crippen molar-refractivity contribution in [2.75, 3.05) is 13.1 Å². The first-order chi connectivity index (χ1) is 9.97. The highest BCUT2D eigenvalue weighted by Crippen LogP contribution is 2.27. The van der Waals surface area contributed by atoms with Gasteiger partial charge in [0.25, 0.3) is 0 Å². The van der Waals surface area contributed by atoms with Gasteiger partial charge in [-0.1, -0.05) is 13.8 Å². The fourth-order valence-corrected chi connectivity index (χ4v) is 2.40. The molecule has 1 fully saturated rings. The number of nitrogens with zero attached hydrogens (tertiary/aromatic N) is 2. The van der Waals surface area contributed by atoms with Crippen molar-refractivity contribution >= 4 is 5.91 Å². The van der Waals surface area contributed by atoms with Gasteiger partial charge in [0, 0.05) is 24.3 Å². The molecular formula is C16H28N4O. The second-order valence-corrected chi connectivity index (χ2v) is 6.58. The lowest BCUT2D eigenvalue weighted by molar-refractivity contribution is -0.121. The van der Waals surface area contributed by atoms with Crippen LogP contribution in [0, 0.1) is 25.7 Å². The topological polar surface area (TPSA) is 59.0 Å². The number of rotatable bonds is 8. The molecule has 0 saturated heterocycles. The molecule has 1 aromatic rings. The SMILES string of the molecule is Cc1nn(CC(=O)NCC2CC2)c(C)c1CNCC(C)C. The summed E-state index contributed by atoms with van der Waals surface area (Å²) in [6.45, 7) is 11.4. The molecule has 5 nitrogen and oxygen atoms in total. The van der Waals surface area contributed by atoms with Gasteiger partial charge in [-0.15, -0.1) is 0 Å². The number of hydrogen-bond donors (Lipinski definition) is 2. The molecule has 1 saturated carbocycles. The molecule has 0 unspecified atom stereocenters. The maximum Gasteiger partial charge on any atom is 0.241 e. The standard InChI is InChI=1S/C16H28N4O/c1-11(2)7-17-9-15-12(3)19-20(13(15)4)10-16(21)18-8-14-5-6-14/h11,14,17H,5-10H2,1-4H3,(H,18,21). The van der Waals surface area contributed by atoms with Gasteiger partial charge in [-0.05, 0) is 45.1 Å². The van der Waals surface area contributed by atoms with Crippen molar-refractivity contribution in [2.45, 2.75) is 53.6 Å². The van der Waals surface area contributed by atoms with E-state index in [1.807, 2.05) is 18.5 Å². The molecule has 0 aromatic carbocycles. The fraction of sp³-hybridized carbons (Fsp3) is 0.750. The van der Waals surface area contributed by atoms with E-state index in [9.17, 15) is 4.79 Å². The molecule has 0 spiro atoms. The van der Waals surface area contributed by atoms with Crippen molar-refractivity contribution in [3.63, 3.8) is 0 Å². The van der Waals surface area contributed by atoms with Gasteiger partial charge in [0.1, 0.15) is 6.54 Å². The van der Waals surface area contributed by atoms with E-state index in [1.165, 1.54) is 18.4 Å². The van der Waals surface area contributed by atoms with Crippen LogP contribution >= 0.6 is 0 Å². The van der Waals surface area contributed by atoms with Crippen LogP contribution in [0.2, 0.25) is 0 Å². The first kappa shape index (κ1) is 16.0. The maximum atomic E-state index is 11.9. The zero-order valence-electron chi connectivity index (χ0n) is 13.7. The minimum atomic E-state index is 0.0641. The Morgan fingerprint density at radius 2 is 2.10 bits per heavy atom. The highest BCUT2D eigenvalue weighted by molar-refractivity contribution is 5.75. The lowest BCUT2D eigenvalue weighted by Crippen LogP contribution is -2.30. The summed E-state index contributed by atoms with van der Waals surface area (Å²) in [4.78, 5) is 11.9. The van der Waals surface area contributed by atoms with Crippen LogP contribution in [0.1, 0.15) is 43.6 Å². The van der Waals surface area contributed by atoms with Gasteiger partial charge in [0.15, 0.2) is 0 Å². The summed E-state index contributed by atoms with van der Waals surface area (Å²) >= 11 is 0. The Hall–Kier alpha value is -1.36. The molecule has 1 aromatic heterocycles. The average Bonchev–Trinajstić information content (AvgIpc) is 3.19. The van der Waals surface area contributed by atoms with Crippen molar-refractivity contribution < 1.29 is 4.79 Å². The van der Waals surface area contributed by atoms with E-state index in [-0.39, 0.29) is 5.91 Å². The molecule has 0 aliphatic heterocycles. The van der Waals surface area contributed by atoms with Crippen LogP contribution in [0.5, 0.6) is 0 Å². The lowest BCUT2D eigenvalue weighted by Gasteiger charge is -2.09. The molecule has 2 N–H and O–H groups in total. The minimum absolute atomic E-state index is 0.0641. The molecule has 21 heavy (non-hydrogen) atoms. The Bertz CT molecular complexity index is 489. The van der Waals surface area contributed by atoms with E-state index in [4.69, 9.17) is 0 Å². The first-order valence-corrected chi connectivity index (χ1v) is 7.97. The Morgan fingerprint density at radius 3 is 2.71 bits per heavy atom. The van der Waals surface area contributed by atoms with Gasteiger partial charge in [0.2, 0.25) is 5.91 Å². The molecule has 0 atom stereocenters. The van der Waals surface area contributed by atoms with Crippen LogP contribution in [0.25, 0.3) is 0 Å². The van der Waals surface area contributed by atoms with Gasteiger partial charge in [0.05, 0.1) is 5.69 Å². The van der Waals surface area contributed by atoms with E-state index in [1.54, 1.807) is 0 Å². The van der Waals surface area contributed by atoms with Crippen LogP contribution in [0.15, 0.2) is 0 Å². The summed E-state index contributed by atoms with van der Waals surface area (Å²) in [6, 6.07) is 0. The van der Waals surface area contributed by atoms with Crippen LogP contribution in [-0.2, 0) is 17.9 Å². The van der Waals surface area contributed by atoms with Gasteiger partial charge in [-0.25, -0.2) is 0 Å². The summed E-state index contributed by atoms with van der Waals surface area (Å²) in [5.41, 5.74) is 3.31. The average molecular weight is 292 g/mol. The quantitative estimate of drug-likeness (QED) is 0.768. The number of aromatic nitrogens is 2. The molecule has 1 aliphatic rings. The van der Waals surface area contributed by atoms with E-state index in [0.29, 0.717) is 18.4 Å². The molecule has 1 amide bonds. The van der Waals surface area contributed by atoms with Crippen molar-refractivity contribution in [1.82, 2.24) is 20.4 Å². The Balaban J connectivity index is 1.88. The minimum Gasteiger partial charge on any atom is -0.354 e. The number of aryl methyl sites for hydroxylation is 1. The Kier molecular flexibility index (Phi) is 5.39. The number of hydrogen-bond acceptors (Lipinski definition) is 3. The molecule has 1 heterocycles. The zero-order chi connectivity index (χ0) is 15.4. The summed E-state index contributed by atoms with van der Waals surface area (Å²) in [7, 11) is 0. The highest BCUT2D eigenvalue weighted by atomic mass is 16.2. The predicted molar refractivity (Wildman–Crippen MR) is 84.0 cm³/mol.